The van der Waals surface area contributed by atoms with Crippen LogP contribution in [0.2, 0.25) is 0 Å². The van der Waals surface area contributed by atoms with Crippen molar-refractivity contribution in [2.45, 2.75) is 24.6 Å². The van der Waals surface area contributed by atoms with Gasteiger partial charge >= 0.3 is 0 Å². The number of benzene rings is 1. The summed E-state index contributed by atoms with van der Waals surface area (Å²) in [4.78, 5) is 11.1. The summed E-state index contributed by atoms with van der Waals surface area (Å²) >= 11 is 3.28. The summed E-state index contributed by atoms with van der Waals surface area (Å²) in [6.45, 7) is 1.79. The van der Waals surface area contributed by atoms with E-state index >= 15 is 0 Å². The van der Waals surface area contributed by atoms with Gasteiger partial charge in [-0.05, 0) is 24.1 Å². The van der Waals surface area contributed by atoms with E-state index in [1.807, 2.05) is 0 Å². The van der Waals surface area contributed by atoms with Crippen LogP contribution in [0.15, 0.2) is 18.2 Å². The first kappa shape index (κ1) is 12.9. The van der Waals surface area contributed by atoms with Crippen molar-refractivity contribution in [1.29, 1.82) is 5.26 Å². The SMILES string of the molecule is CCC(=O)C(Br)Cc1ccc(F)c(C#N)c1. The van der Waals surface area contributed by atoms with Crippen molar-refractivity contribution in [1.82, 2.24) is 0 Å². The molecule has 0 saturated heterocycles. The van der Waals surface area contributed by atoms with E-state index < -0.39 is 5.82 Å². The normalized spacial score (nSPS) is 11.9. The van der Waals surface area contributed by atoms with E-state index in [0.717, 1.165) is 5.56 Å². The fourth-order valence-electron chi connectivity index (χ4n) is 1.33. The van der Waals surface area contributed by atoms with Crippen molar-refractivity contribution in [2.24, 2.45) is 0 Å². The summed E-state index contributed by atoms with van der Waals surface area (Å²) in [7, 11) is 0. The summed E-state index contributed by atoms with van der Waals surface area (Å²) in [5.41, 5.74) is 0.794. The molecule has 84 valence electrons. The lowest BCUT2D eigenvalue weighted by atomic mass is 10.0. The average Bonchev–Trinajstić information content (AvgIpc) is 2.30. The molecule has 0 spiro atoms. The highest BCUT2D eigenvalue weighted by Gasteiger charge is 2.14. The molecule has 1 rings (SSSR count). The number of alkyl halides is 1. The molecule has 0 amide bonds. The summed E-state index contributed by atoms with van der Waals surface area (Å²) in [5, 5.41) is 8.66. The van der Waals surface area contributed by atoms with Crippen molar-refractivity contribution in [3.8, 4) is 6.07 Å². The van der Waals surface area contributed by atoms with Gasteiger partial charge in [-0.25, -0.2) is 4.39 Å². The minimum absolute atomic E-state index is 0.0150. The van der Waals surface area contributed by atoms with E-state index in [9.17, 15) is 9.18 Å². The number of halogens is 2. The third kappa shape index (κ3) is 3.14. The van der Waals surface area contributed by atoms with Crippen molar-refractivity contribution in [3.05, 3.63) is 35.1 Å². The van der Waals surface area contributed by atoms with Crippen LogP contribution in [-0.2, 0) is 11.2 Å². The van der Waals surface area contributed by atoms with Gasteiger partial charge in [0.2, 0.25) is 0 Å². The molecule has 0 N–H and O–H groups in total. The Morgan fingerprint density at radius 2 is 2.31 bits per heavy atom. The van der Waals surface area contributed by atoms with Crippen LogP contribution in [0, 0.1) is 17.1 Å². The molecule has 2 nitrogen and oxygen atoms in total. The molecule has 1 unspecified atom stereocenters. The minimum Gasteiger partial charge on any atom is -0.298 e. The molecule has 0 aliphatic carbocycles. The van der Waals surface area contributed by atoms with E-state index in [0.29, 0.717) is 12.8 Å². The Morgan fingerprint density at radius 3 is 2.88 bits per heavy atom. The van der Waals surface area contributed by atoms with Gasteiger partial charge in [0.25, 0.3) is 0 Å². The predicted molar refractivity (Wildman–Crippen MR) is 62.8 cm³/mol. The van der Waals surface area contributed by atoms with Gasteiger partial charge in [0.1, 0.15) is 17.7 Å². The number of nitriles is 1. The van der Waals surface area contributed by atoms with Gasteiger partial charge in [0.15, 0.2) is 0 Å². The summed E-state index contributed by atoms with van der Waals surface area (Å²) in [5.74, 6) is -0.429. The molecule has 1 atom stereocenters. The second-order valence-corrected chi connectivity index (χ2v) is 4.52. The third-order valence-corrected chi connectivity index (χ3v) is 3.10. The highest BCUT2D eigenvalue weighted by atomic mass is 79.9. The van der Waals surface area contributed by atoms with Gasteiger partial charge in [-0.1, -0.05) is 28.9 Å². The second kappa shape index (κ2) is 5.76. The van der Waals surface area contributed by atoms with E-state index in [1.165, 1.54) is 12.1 Å². The lowest BCUT2D eigenvalue weighted by Crippen LogP contribution is -2.15. The number of ketones is 1. The highest BCUT2D eigenvalue weighted by molar-refractivity contribution is 9.10. The first-order chi connectivity index (χ1) is 7.58. The summed E-state index contributed by atoms with van der Waals surface area (Å²) in [6.07, 6.45) is 0.934. The Kier molecular flexibility index (Phi) is 4.63. The number of nitrogens with zero attached hydrogens (tertiary/aromatic N) is 1. The van der Waals surface area contributed by atoms with Crippen LogP contribution in [0.5, 0.6) is 0 Å². The van der Waals surface area contributed by atoms with Crippen LogP contribution in [0.4, 0.5) is 4.39 Å². The Bertz CT molecular complexity index is 439. The smallest absolute Gasteiger partial charge is 0.146 e. The standard InChI is InChI=1S/C12H11BrFNO/c1-2-12(16)10(13)6-8-3-4-11(14)9(5-8)7-15/h3-5,10H,2,6H2,1H3. The van der Waals surface area contributed by atoms with Crippen molar-refractivity contribution < 1.29 is 9.18 Å². The molecule has 1 aromatic carbocycles. The van der Waals surface area contributed by atoms with Crippen LogP contribution in [0.3, 0.4) is 0 Å². The average molecular weight is 284 g/mol. The van der Waals surface area contributed by atoms with Crippen molar-refractivity contribution in [3.63, 3.8) is 0 Å². The zero-order valence-electron chi connectivity index (χ0n) is 8.84. The molecule has 0 aliphatic heterocycles. The summed E-state index contributed by atoms with van der Waals surface area (Å²) < 4.78 is 13.0. The molecular formula is C12H11BrFNO. The fraction of sp³-hybridized carbons (Fsp3) is 0.333. The van der Waals surface area contributed by atoms with Crippen molar-refractivity contribution >= 4 is 21.7 Å². The Hall–Kier alpha value is -1.21. The van der Waals surface area contributed by atoms with Gasteiger partial charge in [-0.2, -0.15) is 5.26 Å². The lowest BCUT2D eigenvalue weighted by molar-refractivity contribution is -0.118. The van der Waals surface area contributed by atoms with Gasteiger partial charge in [-0.15, -0.1) is 0 Å². The molecule has 1 aromatic rings. The fourth-order valence-corrected chi connectivity index (χ4v) is 2.02. The maximum atomic E-state index is 13.0. The second-order valence-electron chi connectivity index (χ2n) is 3.42. The first-order valence-corrected chi connectivity index (χ1v) is 5.85. The monoisotopic (exact) mass is 283 g/mol. The molecule has 0 fully saturated rings. The largest absolute Gasteiger partial charge is 0.298 e. The van der Waals surface area contributed by atoms with Gasteiger partial charge < -0.3 is 0 Å². The quantitative estimate of drug-likeness (QED) is 0.797. The van der Waals surface area contributed by atoms with Gasteiger partial charge in [0, 0.05) is 6.42 Å². The third-order valence-electron chi connectivity index (χ3n) is 2.26. The molecule has 0 heterocycles. The zero-order chi connectivity index (χ0) is 12.1. The molecule has 0 aromatic heterocycles. The molecule has 0 bridgehead atoms. The number of rotatable bonds is 4. The van der Waals surface area contributed by atoms with Gasteiger partial charge in [0.05, 0.1) is 10.4 Å². The molecule has 4 heteroatoms. The van der Waals surface area contributed by atoms with Crippen LogP contribution in [0.1, 0.15) is 24.5 Å². The number of carbonyl (C=O) groups is 1. The Labute approximate surface area is 102 Å². The first-order valence-electron chi connectivity index (χ1n) is 4.93. The number of hydrogen-bond acceptors (Lipinski definition) is 2. The van der Waals surface area contributed by atoms with E-state index in [-0.39, 0.29) is 16.2 Å². The molecule has 16 heavy (non-hydrogen) atoms. The maximum absolute atomic E-state index is 13.0. The Morgan fingerprint density at radius 1 is 1.62 bits per heavy atom. The van der Waals surface area contributed by atoms with Crippen LogP contribution >= 0.6 is 15.9 Å². The summed E-state index contributed by atoms with van der Waals surface area (Å²) in [6, 6.07) is 6.10. The van der Waals surface area contributed by atoms with E-state index in [2.05, 4.69) is 15.9 Å². The number of hydrogen-bond donors (Lipinski definition) is 0. The maximum Gasteiger partial charge on any atom is 0.146 e. The highest BCUT2D eigenvalue weighted by Crippen LogP contribution is 2.15. The lowest BCUT2D eigenvalue weighted by Gasteiger charge is -2.07. The molecule has 0 aliphatic rings. The van der Waals surface area contributed by atoms with Crippen LogP contribution in [0.25, 0.3) is 0 Å². The number of Topliss-reactive ketones (excluding diaryl/α,β-unsaturated/α-hetero) is 1. The minimum atomic E-state index is -0.529. The van der Waals surface area contributed by atoms with Crippen LogP contribution in [-0.4, -0.2) is 10.6 Å². The Balaban J connectivity index is 2.83. The van der Waals surface area contributed by atoms with Crippen molar-refractivity contribution in [2.75, 3.05) is 0 Å². The molecule has 0 saturated carbocycles. The van der Waals surface area contributed by atoms with Crippen LogP contribution < -0.4 is 0 Å². The zero-order valence-corrected chi connectivity index (χ0v) is 10.4. The molecular weight excluding hydrogens is 273 g/mol. The molecule has 0 radical (unpaired) electrons. The topological polar surface area (TPSA) is 40.9 Å². The predicted octanol–water partition coefficient (Wildman–Crippen LogP) is 2.98. The van der Waals surface area contributed by atoms with E-state index in [4.69, 9.17) is 5.26 Å². The van der Waals surface area contributed by atoms with Gasteiger partial charge in [-0.3, -0.25) is 4.79 Å². The van der Waals surface area contributed by atoms with E-state index in [1.54, 1.807) is 19.1 Å². The number of carbonyl (C=O) groups excluding carboxylic acids is 1.